The van der Waals surface area contributed by atoms with Gasteiger partial charge in [0.25, 0.3) is 15.9 Å². The molecule has 0 aromatic heterocycles. The number of anilines is 1. The van der Waals surface area contributed by atoms with Gasteiger partial charge in [-0.3, -0.25) is 9.52 Å². The Morgan fingerprint density at radius 3 is 2.23 bits per heavy atom. The lowest BCUT2D eigenvalue weighted by atomic mass is 10.1. The molecule has 0 bridgehead atoms. The van der Waals surface area contributed by atoms with E-state index in [4.69, 9.17) is 0 Å². The first-order valence-electron chi connectivity index (χ1n) is 8.94. The molecule has 0 spiro atoms. The van der Waals surface area contributed by atoms with Crippen molar-refractivity contribution in [1.82, 2.24) is 5.32 Å². The zero-order chi connectivity index (χ0) is 21.7. The van der Waals surface area contributed by atoms with Gasteiger partial charge in [-0.25, -0.2) is 12.8 Å². The standard InChI is InChI=1S/C22H18FN3O3S/c1-15-6-10-17(11-7-15)26-30(28,29)18-12-8-16(9-13-18)22(27)25-21(14-24)19-4-2-3-5-20(19)23/h2-13,21,26H,1H3,(H,25,27). The maximum atomic E-state index is 13.9. The lowest BCUT2D eigenvalue weighted by Gasteiger charge is -2.13. The molecule has 3 rings (SSSR count). The number of amides is 1. The second-order valence-corrected chi connectivity index (χ2v) is 8.24. The van der Waals surface area contributed by atoms with Crippen molar-refractivity contribution in [2.24, 2.45) is 0 Å². The molecule has 8 heteroatoms. The average Bonchev–Trinajstić information content (AvgIpc) is 2.74. The molecule has 0 aliphatic rings. The van der Waals surface area contributed by atoms with Crippen molar-refractivity contribution in [2.75, 3.05) is 4.72 Å². The molecule has 2 N–H and O–H groups in total. The lowest BCUT2D eigenvalue weighted by Crippen LogP contribution is -2.28. The number of hydrogen-bond acceptors (Lipinski definition) is 4. The van der Waals surface area contributed by atoms with E-state index in [1.165, 1.54) is 42.5 Å². The summed E-state index contributed by atoms with van der Waals surface area (Å²) in [7, 11) is -3.83. The number of carbonyl (C=O) groups excluding carboxylic acids is 1. The van der Waals surface area contributed by atoms with Crippen LogP contribution in [0.4, 0.5) is 10.1 Å². The first kappa shape index (κ1) is 21.0. The Balaban J connectivity index is 1.74. The van der Waals surface area contributed by atoms with Crippen LogP contribution in [-0.4, -0.2) is 14.3 Å². The van der Waals surface area contributed by atoms with E-state index in [0.717, 1.165) is 5.56 Å². The minimum absolute atomic E-state index is 0.0226. The molecule has 0 aliphatic carbocycles. The van der Waals surface area contributed by atoms with Crippen molar-refractivity contribution in [1.29, 1.82) is 5.26 Å². The van der Waals surface area contributed by atoms with Crippen molar-refractivity contribution in [2.45, 2.75) is 17.9 Å². The third-order valence-electron chi connectivity index (χ3n) is 4.35. The molecule has 1 amide bonds. The molecule has 3 aromatic carbocycles. The van der Waals surface area contributed by atoms with E-state index in [-0.39, 0.29) is 16.0 Å². The molecule has 3 aromatic rings. The molecule has 0 saturated heterocycles. The highest BCUT2D eigenvalue weighted by atomic mass is 32.2. The number of nitriles is 1. The Kier molecular flexibility index (Phi) is 6.14. The third kappa shape index (κ3) is 4.82. The van der Waals surface area contributed by atoms with Crippen molar-refractivity contribution in [3.05, 3.63) is 95.3 Å². The fourth-order valence-electron chi connectivity index (χ4n) is 2.72. The minimum atomic E-state index is -3.83. The lowest BCUT2D eigenvalue weighted by molar-refractivity contribution is 0.0944. The number of hydrogen-bond donors (Lipinski definition) is 2. The first-order chi connectivity index (χ1) is 14.3. The van der Waals surface area contributed by atoms with Gasteiger partial charge in [0.05, 0.1) is 11.0 Å². The summed E-state index contributed by atoms with van der Waals surface area (Å²) in [6.45, 7) is 1.89. The first-order valence-corrected chi connectivity index (χ1v) is 10.4. The Hall–Kier alpha value is -3.70. The maximum absolute atomic E-state index is 13.9. The molecule has 30 heavy (non-hydrogen) atoms. The van der Waals surface area contributed by atoms with Crippen LogP contribution < -0.4 is 10.0 Å². The third-order valence-corrected chi connectivity index (χ3v) is 5.75. The van der Waals surface area contributed by atoms with Crippen molar-refractivity contribution < 1.29 is 17.6 Å². The summed E-state index contributed by atoms with van der Waals surface area (Å²) in [4.78, 5) is 12.4. The molecular weight excluding hydrogens is 405 g/mol. The van der Waals surface area contributed by atoms with Gasteiger partial charge in [0.2, 0.25) is 0 Å². The summed E-state index contributed by atoms with van der Waals surface area (Å²) in [5.41, 5.74) is 1.61. The van der Waals surface area contributed by atoms with Crippen LogP contribution in [0.2, 0.25) is 0 Å². The molecule has 1 unspecified atom stereocenters. The van der Waals surface area contributed by atoms with Crippen molar-refractivity contribution in [3.63, 3.8) is 0 Å². The molecule has 0 fully saturated rings. The number of halogens is 1. The van der Waals surface area contributed by atoms with Gasteiger partial charge in [-0.05, 0) is 49.4 Å². The number of benzene rings is 3. The van der Waals surface area contributed by atoms with E-state index in [9.17, 15) is 22.9 Å². The van der Waals surface area contributed by atoms with E-state index in [1.54, 1.807) is 30.3 Å². The van der Waals surface area contributed by atoms with Crippen LogP contribution in [0.1, 0.15) is 27.5 Å². The molecular formula is C22H18FN3O3S. The molecule has 6 nitrogen and oxygen atoms in total. The summed E-state index contributed by atoms with van der Waals surface area (Å²) in [5.74, 6) is -1.23. The van der Waals surface area contributed by atoms with Crippen LogP contribution in [0.3, 0.4) is 0 Å². The van der Waals surface area contributed by atoms with Gasteiger partial charge in [-0.1, -0.05) is 35.9 Å². The Morgan fingerprint density at radius 2 is 1.63 bits per heavy atom. The predicted molar refractivity (Wildman–Crippen MR) is 111 cm³/mol. The normalized spacial score (nSPS) is 11.9. The summed E-state index contributed by atoms with van der Waals surface area (Å²) in [6, 6.07) is 18.4. The van der Waals surface area contributed by atoms with Crippen LogP contribution in [0.25, 0.3) is 0 Å². The van der Waals surface area contributed by atoms with E-state index in [1.807, 2.05) is 13.0 Å². The average molecular weight is 423 g/mol. The van der Waals surface area contributed by atoms with Crippen LogP contribution >= 0.6 is 0 Å². The van der Waals surface area contributed by atoms with Crippen molar-refractivity contribution >= 4 is 21.6 Å². The second kappa shape index (κ2) is 8.76. The van der Waals surface area contributed by atoms with Gasteiger partial charge in [0.15, 0.2) is 0 Å². The fraction of sp³-hybridized carbons (Fsp3) is 0.0909. The van der Waals surface area contributed by atoms with Gasteiger partial charge >= 0.3 is 0 Å². The molecule has 152 valence electrons. The van der Waals surface area contributed by atoms with Crippen LogP contribution in [0.15, 0.2) is 77.7 Å². The number of nitrogens with zero attached hydrogens (tertiary/aromatic N) is 1. The number of carbonyl (C=O) groups is 1. The zero-order valence-corrected chi connectivity index (χ0v) is 16.8. The Morgan fingerprint density at radius 1 is 1.00 bits per heavy atom. The van der Waals surface area contributed by atoms with E-state index >= 15 is 0 Å². The summed E-state index contributed by atoms with van der Waals surface area (Å²) in [5, 5.41) is 11.7. The predicted octanol–water partition coefficient (Wildman–Crippen LogP) is 3.93. The monoisotopic (exact) mass is 423 g/mol. The van der Waals surface area contributed by atoms with Gasteiger partial charge < -0.3 is 5.32 Å². The second-order valence-electron chi connectivity index (χ2n) is 6.55. The minimum Gasteiger partial charge on any atom is -0.332 e. The van der Waals surface area contributed by atoms with Crippen LogP contribution in [-0.2, 0) is 10.0 Å². The number of nitrogens with one attached hydrogen (secondary N) is 2. The Bertz CT molecular complexity index is 1200. The number of sulfonamides is 1. The molecule has 0 saturated carbocycles. The molecule has 1 atom stereocenters. The van der Waals surface area contributed by atoms with E-state index in [0.29, 0.717) is 5.69 Å². The van der Waals surface area contributed by atoms with Crippen LogP contribution in [0, 0.1) is 24.1 Å². The number of aryl methyl sites for hydroxylation is 1. The van der Waals surface area contributed by atoms with Crippen LogP contribution in [0.5, 0.6) is 0 Å². The SMILES string of the molecule is Cc1ccc(NS(=O)(=O)c2ccc(C(=O)NC(C#N)c3ccccc3F)cc2)cc1. The van der Waals surface area contributed by atoms with Gasteiger partial charge in [-0.2, -0.15) is 5.26 Å². The summed E-state index contributed by atoms with van der Waals surface area (Å²) in [6.07, 6.45) is 0. The van der Waals surface area contributed by atoms with Gasteiger partial charge in [-0.15, -0.1) is 0 Å². The zero-order valence-electron chi connectivity index (χ0n) is 16.0. The fourth-order valence-corrected chi connectivity index (χ4v) is 3.78. The van der Waals surface area contributed by atoms with E-state index in [2.05, 4.69) is 10.0 Å². The van der Waals surface area contributed by atoms with E-state index < -0.39 is 27.8 Å². The molecule has 0 radical (unpaired) electrons. The topological polar surface area (TPSA) is 99.1 Å². The summed E-state index contributed by atoms with van der Waals surface area (Å²) >= 11 is 0. The highest BCUT2D eigenvalue weighted by Gasteiger charge is 2.19. The quantitative estimate of drug-likeness (QED) is 0.627. The maximum Gasteiger partial charge on any atom is 0.261 e. The largest absolute Gasteiger partial charge is 0.332 e. The Labute approximate surface area is 174 Å². The summed E-state index contributed by atoms with van der Waals surface area (Å²) < 4.78 is 41.4. The molecule has 0 aliphatic heterocycles. The number of rotatable bonds is 6. The highest BCUT2D eigenvalue weighted by molar-refractivity contribution is 7.92. The highest BCUT2D eigenvalue weighted by Crippen LogP contribution is 2.19. The van der Waals surface area contributed by atoms with Crippen molar-refractivity contribution in [3.8, 4) is 6.07 Å². The van der Waals surface area contributed by atoms with Gasteiger partial charge in [0.1, 0.15) is 11.9 Å². The smallest absolute Gasteiger partial charge is 0.261 e. The van der Waals surface area contributed by atoms with Gasteiger partial charge in [0, 0.05) is 16.8 Å². The molecule has 0 heterocycles.